The zero-order valence-corrected chi connectivity index (χ0v) is 6.54. The van der Waals surface area contributed by atoms with E-state index in [1.807, 2.05) is 12.1 Å². The normalized spacial score (nSPS) is 8.73. The summed E-state index contributed by atoms with van der Waals surface area (Å²) in [6.45, 7) is 0. The lowest BCUT2D eigenvalue weighted by Crippen LogP contribution is -1.78. The van der Waals surface area contributed by atoms with Gasteiger partial charge in [0, 0.05) is 18.1 Å². The lowest BCUT2D eigenvalue weighted by molar-refractivity contribution is 0.566. The van der Waals surface area contributed by atoms with Crippen molar-refractivity contribution in [2.75, 3.05) is 0 Å². The van der Waals surface area contributed by atoms with E-state index in [2.05, 4.69) is 9.38 Å². The first kappa shape index (κ1) is 7.98. The Hall–Kier alpha value is -1.12. The van der Waals surface area contributed by atoms with Crippen LogP contribution in [-0.2, 0) is 10.5 Å². The Morgan fingerprint density at radius 1 is 1.73 bits per heavy atom. The smallest absolute Gasteiger partial charge is 0.247 e. The maximum absolute atomic E-state index is 9.67. The zero-order valence-electron chi connectivity index (χ0n) is 5.73. The molecule has 3 nitrogen and oxygen atoms in total. The number of carbonyl (C=O) groups excluding carboxylic acids is 1. The van der Waals surface area contributed by atoms with Crippen molar-refractivity contribution < 1.29 is 4.79 Å². The monoisotopic (exact) mass is 166 g/mol. The van der Waals surface area contributed by atoms with Gasteiger partial charge in [0.2, 0.25) is 6.08 Å². The zero-order chi connectivity index (χ0) is 7.94. The van der Waals surface area contributed by atoms with Crippen molar-refractivity contribution in [3.63, 3.8) is 0 Å². The number of isocyanates is 1. The van der Waals surface area contributed by atoms with Crippen LogP contribution in [0.25, 0.3) is 0 Å². The van der Waals surface area contributed by atoms with Gasteiger partial charge in [-0.2, -0.15) is 0 Å². The van der Waals surface area contributed by atoms with Gasteiger partial charge in [-0.1, -0.05) is 6.07 Å². The molecule has 0 saturated carbocycles. The van der Waals surface area contributed by atoms with E-state index in [-0.39, 0.29) is 0 Å². The molecule has 0 bridgehead atoms. The number of rotatable bonds is 3. The molecule has 0 amide bonds. The van der Waals surface area contributed by atoms with E-state index in [9.17, 15) is 4.79 Å². The van der Waals surface area contributed by atoms with Crippen molar-refractivity contribution in [1.29, 1.82) is 0 Å². The van der Waals surface area contributed by atoms with Gasteiger partial charge in [0.05, 0.1) is 0 Å². The minimum absolute atomic E-state index is 0.670. The summed E-state index contributed by atoms with van der Waals surface area (Å²) < 4.78 is 3.35. The van der Waals surface area contributed by atoms with Crippen LogP contribution < -0.4 is 0 Å². The summed E-state index contributed by atoms with van der Waals surface area (Å²) in [6, 6.07) is 3.78. The molecule has 0 N–H and O–H groups in total. The summed E-state index contributed by atoms with van der Waals surface area (Å²) in [5.41, 5.74) is 1.05. The largest absolute Gasteiger partial charge is 0.264 e. The number of pyridine rings is 1. The molecule has 0 atom stereocenters. The molecule has 0 saturated heterocycles. The van der Waals surface area contributed by atoms with E-state index in [4.69, 9.17) is 0 Å². The van der Waals surface area contributed by atoms with Gasteiger partial charge >= 0.3 is 0 Å². The van der Waals surface area contributed by atoms with Crippen molar-refractivity contribution in [3.05, 3.63) is 30.1 Å². The Morgan fingerprint density at radius 2 is 2.64 bits per heavy atom. The van der Waals surface area contributed by atoms with Gasteiger partial charge in [0.15, 0.2) is 0 Å². The van der Waals surface area contributed by atoms with Crippen molar-refractivity contribution in [2.45, 2.75) is 5.75 Å². The Morgan fingerprint density at radius 3 is 3.27 bits per heavy atom. The summed E-state index contributed by atoms with van der Waals surface area (Å²) in [5, 5.41) is 0. The van der Waals surface area contributed by atoms with Crippen LogP contribution in [0.2, 0.25) is 0 Å². The molecule has 0 spiro atoms. The lowest BCUT2D eigenvalue weighted by atomic mass is 10.3. The van der Waals surface area contributed by atoms with Crippen LogP contribution in [0.5, 0.6) is 0 Å². The third kappa shape index (κ3) is 2.98. The summed E-state index contributed by atoms with van der Waals surface area (Å²) >= 11 is 1.17. The number of hydrogen-bond donors (Lipinski definition) is 0. The highest BCUT2D eigenvalue weighted by molar-refractivity contribution is 7.97. The molecule has 11 heavy (non-hydrogen) atoms. The molecule has 4 heteroatoms. The molecule has 1 aromatic rings. The minimum Gasteiger partial charge on any atom is -0.264 e. The van der Waals surface area contributed by atoms with Crippen LogP contribution in [0.1, 0.15) is 5.56 Å². The summed E-state index contributed by atoms with van der Waals surface area (Å²) in [4.78, 5) is 13.6. The first-order chi connectivity index (χ1) is 5.43. The Kier molecular flexibility index (Phi) is 3.38. The van der Waals surface area contributed by atoms with Gasteiger partial charge in [-0.3, -0.25) is 4.98 Å². The first-order valence-electron chi connectivity index (χ1n) is 3.01. The van der Waals surface area contributed by atoms with E-state index >= 15 is 0 Å². The second-order valence-electron chi connectivity index (χ2n) is 1.82. The average molecular weight is 166 g/mol. The molecule has 0 unspecified atom stereocenters. The topological polar surface area (TPSA) is 42.3 Å². The maximum Gasteiger partial charge on any atom is 0.247 e. The summed E-state index contributed by atoms with van der Waals surface area (Å²) in [7, 11) is 0. The van der Waals surface area contributed by atoms with Gasteiger partial charge in [-0.15, -0.1) is 4.40 Å². The lowest BCUT2D eigenvalue weighted by Gasteiger charge is -1.92. The molecule has 1 heterocycles. The highest BCUT2D eigenvalue weighted by Gasteiger charge is 1.89. The molecular formula is C7H6N2OS. The average Bonchev–Trinajstić information content (AvgIpc) is 2.07. The Labute approximate surface area is 68.7 Å². The molecule has 1 rings (SSSR count). The first-order valence-corrected chi connectivity index (χ1v) is 3.96. The third-order valence-electron chi connectivity index (χ3n) is 1.06. The molecule has 56 valence electrons. The predicted octanol–water partition coefficient (Wildman–Crippen LogP) is 1.57. The standard InChI is InChI=1S/C7H6N2OS/c10-6-9-11-5-7-2-1-3-8-4-7/h1-4H,5H2. The van der Waals surface area contributed by atoms with Gasteiger partial charge in [0.25, 0.3) is 0 Å². The molecule has 0 radical (unpaired) electrons. The number of nitrogens with zero attached hydrogens (tertiary/aromatic N) is 2. The molecule has 0 aliphatic heterocycles. The van der Waals surface area contributed by atoms with E-state index in [0.29, 0.717) is 5.75 Å². The van der Waals surface area contributed by atoms with Gasteiger partial charge in [0.1, 0.15) is 0 Å². The van der Waals surface area contributed by atoms with Crippen molar-refractivity contribution in [1.82, 2.24) is 4.98 Å². The maximum atomic E-state index is 9.67. The fraction of sp³-hybridized carbons (Fsp3) is 0.143. The van der Waals surface area contributed by atoms with Crippen LogP contribution >= 0.6 is 11.9 Å². The second kappa shape index (κ2) is 4.66. The SMILES string of the molecule is O=C=NSCc1cccnc1. The van der Waals surface area contributed by atoms with Gasteiger partial charge < -0.3 is 0 Å². The fourth-order valence-electron chi connectivity index (χ4n) is 0.617. The van der Waals surface area contributed by atoms with E-state index in [1.165, 1.54) is 18.0 Å². The van der Waals surface area contributed by atoms with E-state index in [1.54, 1.807) is 12.4 Å². The molecule has 0 aromatic carbocycles. The van der Waals surface area contributed by atoms with Gasteiger partial charge in [-0.25, -0.2) is 4.79 Å². The molecule has 0 aliphatic carbocycles. The second-order valence-corrected chi connectivity index (χ2v) is 2.55. The van der Waals surface area contributed by atoms with Gasteiger partial charge in [-0.05, 0) is 23.6 Å². The quantitative estimate of drug-likeness (QED) is 0.389. The van der Waals surface area contributed by atoms with Crippen molar-refractivity contribution in [2.24, 2.45) is 4.40 Å². The third-order valence-corrected chi connectivity index (χ3v) is 1.72. The molecule has 1 aromatic heterocycles. The van der Waals surface area contributed by atoms with Crippen LogP contribution in [0, 0.1) is 0 Å². The molecule has 0 aliphatic rings. The van der Waals surface area contributed by atoms with E-state index in [0.717, 1.165) is 5.56 Å². The summed E-state index contributed by atoms with van der Waals surface area (Å²) in [5.74, 6) is 0.670. The molecular weight excluding hydrogens is 160 g/mol. The number of hydrogen-bond acceptors (Lipinski definition) is 4. The van der Waals surface area contributed by atoms with Crippen molar-refractivity contribution in [3.8, 4) is 0 Å². The van der Waals surface area contributed by atoms with Crippen LogP contribution in [0.4, 0.5) is 0 Å². The van der Waals surface area contributed by atoms with Crippen molar-refractivity contribution >= 4 is 18.0 Å². The van der Waals surface area contributed by atoms with Crippen LogP contribution in [0.3, 0.4) is 0 Å². The van der Waals surface area contributed by atoms with Crippen LogP contribution in [-0.4, -0.2) is 11.1 Å². The number of aromatic nitrogens is 1. The fourth-order valence-corrected chi connectivity index (χ4v) is 1.05. The summed E-state index contributed by atoms with van der Waals surface area (Å²) in [6.07, 6.45) is 4.90. The Balaban J connectivity index is 2.45. The highest BCUT2D eigenvalue weighted by Crippen LogP contribution is 2.09. The molecule has 0 fully saturated rings. The van der Waals surface area contributed by atoms with E-state index < -0.39 is 0 Å². The predicted molar refractivity (Wildman–Crippen MR) is 43.7 cm³/mol. The van der Waals surface area contributed by atoms with Crippen LogP contribution in [0.15, 0.2) is 28.9 Å². The highest BCUT2D eigenvalue weighted by atomic mass is 32.2. The Bertz CT molecular complexity index is 256. The minimum atomic E-state index is 0.670.